The summed E-state index contributed by atoms with van der Waals surface area (Å²) in [5, 5.41) is 0. The van der Waals surface area contributed by atoms with Gasteiger partial charge in [-0.2, -0.15) is 0 Å². The van der Waals surface area contributed by atoms with Crippen LogP contribution >= 0.6 is 12.4 Å². The normalized spacial score (nSPS) is 20.5. The molecule has 6 rings (SSSR count). The minimum absolute atomic E-state index is 0. The average molecular weight is 524 g/mol. The van der Waals surface area contributed by atoms with Crippen LogP contribution in [0.3, 0.4) is 0 Å². The molecule has 1 saturated heterocycles. The lowest BCUT2D eigenvalue weighted by atomic mass is 9.89. The van der Waals surface area contributed by atoms with Gasteiger partial charge in [0.05, 0.1) is 11.3 Å². The molecule has 0 spiro atoms. The van der Waals surface area contributed by atoms with E-state index in [0.717, 1.165) is 55.8 Å². The Morgan fingerprint density at radius 3 is 2.38 bits per heavy atom. The van der Waals surface area contributed by atoms with Crippen molar-refractivity contribution in [1.82, 2.24) is 4.90 Å². The highest BCUT2D eigenvalue weighted by molar-refractivity contribution is 6.52. The molecule has 1 fully saturated rings. The van der Waals surface area contributed by atoms with Gasteiger partial charge in [-0.3, -0.25) is 9.59 Å². The predicted octanol–water partition coefficient (Wildman–Crippen LogP) is 5.71. The van der Waals surface area contributed by atoms with Crippen LogP contribution in [-0.4, -0.2) is 48.8 Å². The van der Waals surface area contributed by atoms with E-state index < -0.39 is 11.7 Å². The molecule has 0 aromatic heterocycles. The van der Waals surface area contributed by atoms with Crippen molar-refractivity contribution in [2.75, 3.05) is 36.0 Å². The highest BCUT2D eigenvalue weighted by Gasteiger charge is 2.42. The standard InChI is InChI=1S/C29H27F2N3O2.ClH/c30-19-7-10-21(11-8-19)34-26-12-9-20(31)17-23(26)24-18-32(16-13-27(24)34)14-3-4-15-33-25-6-2-1-5-22(25)28(35)29(33)36;/h1-2,5-12,17,24,27H,3-4,13-16,18H2;1H. The molecule has 0 N–H and O–H groups in total. The molecule has 0 bridgehead atoms. The number of carbonyl (C=O) groups excluding carboxylic acids is 2. The summed E-state index contributed by atoms with van der Waals surface area (Å²) in [6, 6.07) is 18.9. The SMILES string of the molecule is Cl.O=C1C(=O)N(CCCCN2CCC3C(C2)c2cc(F)ccc2N3c2ccc(F)cc2)c2ccccc21. The van der Waals surface area contributed by atoms with Gasteiger partial charge in [-0.15, -0.1) is 12.4 Å². The predicted molar refractivity (Wildman–Crippen MR) is 142 cm³/mol. The number of carbonyl (C=O) groups is 2. The van der Waals surface area contributed by atoms with Crippen LogP contribution in [0.2, 0.25) is 0 Å². The van der Waals surface area contributed by atoms with Gasteiger partial charge in [-0.05, 0) is 86.0 Å². The zero-order chi connectivity index (χ0) is 24.8. The Bertz CT molecular complexity index is 1330. The van der Waals surface area contributed by atoms with E-state index >= 15 is 0 Å². The lowest BCUT2D eigenvalue weighted by Gasteiger charge is -2.39. The highest BCUT2D eigenvalue weighted by Crippen LogP contribution is 2.48. The fraction of sp³-hybridized carbons (Fsp3) is 0.310. The first-order chi connectivity index (χ1) is 17.5. The molecule has 5 nitrogen and oxygen atoms in total. The third-order valence-electron chi connectivity index (χ3n) is 7.73. The van der Waals surface area contributed by atoms with Crippen LogP contribution < -0.4 is 9.80 Å². The van der Waals surface area contributed by atoms with E-state index in [1.165, 1.54) is 18.2 Å². The number of hydrogen-bond donors (Lipinski definition) is 0. The number of amides is 1. The van der Waals surface area contributed by atoms with Crippen molar-refractivity contribution < 1.29 is 18.4 Å². The van der Waals surface area contributed by atoms with Gasteiger partial charge >= 0.3 is 0 Å². The fourth-order valence-electron chi connectivity index (χ4n) is 6.05. The molecule has 37 heavy (non-hydrogen) atoms. The van der Waals surface area contributed by atoms with E-state index in [9.17, 15) is 18.4 Å². The number of unbranched alkanes of at least 4 members (excludes halogenated alkanes) is 1. The van der Waals surface area contributed by atoms with Crippen LogP contribution in [0.1, 0.15) is 41.1 Å². The van der Waals surface area contributed by atoms with Crippen LogP contribution in [0.25, 0.3) is 0 Å². The molecular formula is C29H28ClF2N3O2. The van der Waals surface area contributed by atoms with Crippen molar-refractivity contribution in [1.29, 1.82) is 0 Å². The largest absolute Gasteiger partial charge is 0.337 e. The molecule has 2 atom stereocenters. The molecule has 1 amide bonds. The van der Waals surface area contributed by atoms with Gasteiger partial charge < -0.3 is 14.7 Å². The summed E-state index contributed by atoms with van der Waals surface area (Å²) in [5.41, 5.74) is 4.12. The lowest BCUT2D eigenvalue weighted by molar-refractivity contribution is -0.114. The van der Waals surface area contributed by atoms with Gasteiger partial charge in [0.15, 0.2) is 0 Å². The number of likely N-dealkylation sites (tertiary alicyclic amines) is 1. The molecule has 3 aromatic carbocycles. The van der Waals surface area contributed by atoms with Gasteiger partial charge in [0.2, 0.25) is 0 Å². The first-order valence-corrected chi connectivity index (χ1v) is 12.5. The maximum Gasteiger partial charge on any atom is 0.299 e. The third-order valence-corrected chi connectivity index (χ3v) is 7.73. The number of nitrogens with zero attached hydrogens (tertiary/aromatic N) is 3. The summed E-state index contributed by atoms with van der Waals surface area (Å²) >= 11 is 0. The van der Waals surface area contributed by atoms with Crippen molar-refractivity contribution in [3.8, 4) is 0 Å². The maximum atomic E-state index is 14.2. The van der Waals surface area contributed by atoms with Crippen molar-refractivity contribution in [3.63, 3.8) is 0 Å². The Balaban J connectivity index is 0.00000280. The zero-order valence-corrected chi connectivity index (χ0v) is 21.1. The van der Waals surface area contributed by atoms with Crippen molar-refractivity contribution in [2.24, 2.45) is 0 Å². The molecule has 3 heterocycles. The maximum absolute atomic E-state index is 14.2. The number of benzene rings is 3. The second-order valence-electron chi connectivity index (χ2n) is 9.82. The van der Waals surface area contributed by atoms with Crippen LogP contribution in [-0.2, 0) is 4.79 Å². The molecule has 0 aliphatic carbocycles. The van der Waals surface area contributed by atoms with Gasteiger partial charge in [0, 0.05) is 43.0 Å². The Morgan fingerprint density at radius 2 is 1.57 bits per heavy atom. The highest BCUT2D eigenvalue weighted by atomic mass is 35.5. The van der Waals surface area contributed by atoms with Crippen molar-refractivity contribution in [2.45, 2.75) is 31.2 Å². The zero-order valence-electron chi connectivity index (χ0n) is 20.3. The van der Waals surface area contributed by atoms with E-state index in [0.29, 0.717) is 17.8 Å². The second-order valence-corrected chi connectivity index (χ2v) is 9.82. The third kappa shape index (κ3) is 4.51. The Morgan fingerprint density at radius 1 is 0.838 bits per heavy atom. The molecule has 3 aromatic rings. The van der Waals surface area contributed by atoms with Crippen LogP contribution in [0.15, 0.2) is 66.7 Å². The second kappa shape index (κ2) is 10.2. The number of rotatable bonds is 6. The molecule has 3 aliphatic heterocycles. The summed E-state index contributed by atoms with van der Waals surface area (Å²) in [6.45, 7) is 3.14. The van der Waals surface area contributed by atoms with Crippen LogP contribution in [0.4, 0.5) is 25.8 Å². The summed E-state index contributed by atoms with van der Waals surface area (Å²) in [5.74, 6) is -1.21. The van der Waals surface area contributed by atoms with Gasteiger partial charge in [-0.1, -0.05) is 12.1 Å². The Labute approximate surface area is 221 Å². The molecular weight excluding hydrogens is 496 g/mol. The number of hydrogen-bond acceptors (Lipinski definition) is 4. The molecule has 0 saturated carbocycles. The molecule has 8 heteroatoms. The average Bonchev–Trinajstić information content (AvgIpc) is 3.33. The number of halogens is 3. The van der Waals surface area contributed by atoms with E-state index in [4.69, 9.17) is 0 Å². The van der Waals surface area contributed by atoms with E-state index in [2.05, 4.69) is 9.80 Å². The monoisotopic (exact) mass is 523 g/mol. The number of fused-ring (bicyclic) bond motifs is 4. The smallest absolute Gasteiger partial charge is 0.299 e. The summed E-state index contributed by atoms with van der Waals surface area (Å²) in [6.07, 6.45) is 2.62. The quantitative estimate of drug-likeness (QED) is 0.307. The van der Waals surface area contributed by atoms with Gasteiger partial charge in [0.25, 0.3) is 11.7 Å². The summed E-state index contributed by atoms with van der Waals surface area (Å²) in [7, 11) is 0. The number of piperidine rings is 1. The summed E-state index contributed by atoms with van der Waals surface area (Å²) < 4.78 is 27.8. The van der Waals surface area contributed by atoms with Crippen molar-refractivity contribution in [3.05, 3.63) is 89.5 Å². The van der Waals surface area contributed by atoms with Crippen molar-refractivity contribution >= 4 is 41.2 Å². The number of Topliss-reactive ketones (excluding diaryl/α,β-unsaturated/α-hetero) is 1. The van der Waals surface area contributed by atoms with E-state index in [-0.39, 0.29) is 36.0 Å². The lowest BCUT2D eigenvalue weighted by Crippen LogP contribution is -2.45. The first kappa shape index (κ1) is 25.4. The van der Waals surface area contributed by atoms with Gasteiger partial charge in [0.1, 0.15) is 11.6 Å². The molecule has 3 aliphatic rings. The minimum atomic E-state index is -0.442. The fourth-order valence-corrected chi connectivity index (χ4v) is 6.05. The van der Waals surface area contributed by atoms with E-state index in [1.807, 2.05) is 18.2 Å². The van der Waals surface area contributed by atoms with E-state index in [1.54, 1.807) is 35.2 Å². The Kier molecular flexibility index (Phi) is 7.01. The number of para-hydroxylation sites is 1. The topological polar surface area (TPSA) is 43.9 Å². The number of anilines is 3. The Hall–Kier alpha value is -3.29. The first-order valence-electron chi connectivity index (χ1n) is 12.5. The molecule has 0 radical (unpaired) electrons. The molecule has 192 valence electrons. The van der Waals surface area contributed by atoms with Crippen LogP contribution in [0, 0.1) is 11.6 Å². The summed E-state index contributed by atoms with van der Waals surface area (Å²) in [4.78, 5) is 30.9. The number of ketones is 1. The van der Waals surface area contributed by atoms with Gasteiger partial charge in [-0.25, -0.2) is 8.78 Å². The van der Waals surface area contributed by atoms with Crippen LogP contribution in [0.5, 0.6) is 0 Å². The minimum Gasteiger partial charge on any atom is -0.337 e. The molecule has 2 unspecified atom stereocenters.